The number of hydrogen-bond donors (Lipinski definition) is 0. The third-order valence-corrected chi connectivity index (χ3v) is 3.10. The van der Waals surface area contributed by atoms with E-state index in [0.717, 1.165) is 16.9 Å². The lowest BCUT2D eigenvalue weighted by molar-refractivity contribution is -0.134. The van der Waals surface area contributed by atoms with Gasteiger partial charge in [0.2, 0.25) is 0 Å². The molecule has 0 N–H and O–H groups in total. The van der Waals surface area contributed by atoms with E-state index in [0.29, 0.717) is 5.56 Å². The van der Waals surface area contributed by atoms with Crippen LogP contribution in [0.15, 0.2) is 5.38 Å². The van der Waals surface area contributed by atoms with Crippen molar-refractivity contribution in [3.05, 3.63) is 21.4 Å². The molecule has 1 aromatic heterocycles. The molecule has 0 amide bonds. The van der Waals surface area contributed by atoms with Crippen LogP contribution in [0.25, 0.3) is 0 Å². The van der Waals surface area contributed by atoms with E-state index in [2.05, 4.69) is 0 Å². The Hall–Kier alpha value is -0.510. The quantitative estimate of drug-likeness (QED) is 0.648. The third kappa shape index (κ3) is 2.05. The minimum absolute atomic E-state index is 0.160. The van der Waals surface area contributed by atoms with Gasteiger partial charge in [-0.2, -0.15) is 13.2 Å². The second-order valence-electron chi connectivity index (χ2n) is 3.30. The van der Waals surface area contributed by atoms with Crippen LogP contribution >= 0.6 is 11.3 Å². The Labute approximate surface area is 79.4 Å². The minimum Gasteiger partial charge on any atom is -0.165 e. The average molecular weight is 208 g/mol. The van der Waals surface area contributed by atoms with Gasteiger partial charge in [-0.05, 0) is 29.3 Å². The predicted molar refractivity (Wildman–Crippen MR) is 48.1 cm³/mol. The van der Waals surface area contributed by atoms with Crippen molar-refractivity contribution >= 4 is 11.3 Å². The van der Waals surface area contributed by atoms with E-state index in [1.54, 1.807) is 5.38 Å². The van der Waals surface area contributed by atoms with Gasteiger partial charge in [0.1, 0.15) is 4.88 Å². The zero-order chi connectivity index (χ0) is 10.2. The Morgan fingerprint density at radius 2 is 1.85 bits per heavy atom. The highest BCUT2D eigenvalue weighted by molar-refractivity contribution is 7.10. The summed E-state index contributed by atoms with van der Waals surface area (Å²) in [7, 11) is 0. The largest absolute Gasteiger partial charge is 0.425 e. The number of rotatable bonds is 1. The fourth-order valence-electron chi connectivity index (χ4n) is 1.28. The van der Waals surface area contributed by atoms with Crippen LogP contribution in [0, 0.1) is 6.92 Å². The molecule has 0 radical (unpaired) electrons. The van der Waals surface area contributed by atoms with E-state index < -0.39 is 11.1 Å². The molecule has 0 atom stereocenters. The Kier molecular flexibility index (Phi) is 2.71. The van der Waals surface area contributed by atoms with Gasteiger partial charge >= 0.3 is 6.18 Å². The Balaban J connectivity index is 3.14. The molecule has 1 heterocycles. The summed E-state index contributed by atoms with van der Waals surface area (Å²) in [5.74, 6) is 0.160. The number of thiophene rings is 1. The highest BCUT2D eigenvalue weighted by atomic mass is 32.1. The Bertz CT molecular complexity index is 296. The zero-order valence-electron chi connectivity index (χ0n) is 7.70. The van der Waals surface area contributed by atoms with Crippen molar-refractivity contribution in [1.82, 2.24) is 0 Å². The molecule has 0 spiro atoms. The lowest BCUT2D eigenvalue weighted by Gasteiger charge is -2.07. The van der Waals surface area contributed by atoms with Crippen molar-refractivity contribution < 1.29 is 13.2 Å². The first-order valence-electron chi connectivity index (χ1n) is 3.99. The van der Waals surface area contributed by atoms with Gasteiger partial charge in [-0.15, -0.1) is 11.3 Å². The standard InChI is InChI=1S/C9H11F3S/c1-5(2)7-4-13-8(6(7)3)9(10,11)12/h4-5H,1-3H3. The summed E-state index contributed by atoms with van der Waals surface area (Å²) < 4.78 is 37.0. The maximum Gasteiger partial charge on any atom is 0.425 e. The maximum atomic E-state index is 12.3. The minimum atomic E-state index is -4.19. The van der Waals surface area contributed by atoms with Crippen molar-refractivity contribution in [2.24, 2.45) is 0 Å². The predicted octanol–water partition coefficient (Wildman–Crippen LogP) is 4.20. The molecular formula is C9H11F3S. The van der Waals surface area contributed by atoms with Gasteiger partial charge in [0.15, 0.2) is 0 Å². The summed E-state index contributed by atoms with van der Waals surface area (Å²) in [5.41, 5.74) is 1.19. The topological polar surface area (TPSA) is 0 Å². The van der Waals surface area contributed by atoms with Crippen LogP contribution in [-0.2, 0) is 6.18 Å². The summed E-state index contributed by atoms with van der Waals surface area (Å²) in [6.07, 6.45) is -4.19. The van der Waals surface area contributed by atoms with Crippen molar-refractivity contribution in [2.45, 2.75) is 32.9 Å². The van der Waals surface area contributed by atoms with Crippen LogP contribution in [-0.4, -0.2) is 0 Å². The summed E-state index contributed by atoms with van der Waals surface area (Å²) >= 11 is 0.786. The molecule has 0 aliphatic carbocycles. The zero-order valence-corrected chi connectivity index (χ0v) is 8.51. The lowest BCUT2D eigenvalue weighted by atomic mass is 10.0. The Morgan fingerprint density at radius 1 is 1.31 bits per heavy atom. The molecule has 0 bridgehead atoms. The van der Waals surface area contributed by atoms with Crippen molar-refractivity contribution in [1.29, 1.82) is 0 Å². The summed E-state index contributed by atoms with van der Waals surface area (Å²) in [6.45, 7) is 5.33. The molecule has 0 saturated heterocycles. The number of hydrogen-bond acceptors (Lipinski definition) is 1. The molecule has 0 aliphatic heterocycles. The van der Waals surface area contributed by atoms with Crippen LogP contribution in [0.2, 0.25) is 0 Å². The first-order valence-corrected chi connectivity index (χ1v) is 4.87. The molecule has 0 aromatic carbocycles. The number of halogens is 3. The smallest absolute Gasteiger partial charge is 0.165 e. The van der Waals surface area contributed by atoms with Gasteiger partial charge in [0.25, 0.3) is 0 Å². The van der Waals surface area contributed by atoms with Gasteiger partial charge in [-0.1, -0.05) is 13.8 Å². The molecule has 0 unspecified atom stereocenters. The highest BCUT2D eigenvalue weighted by Crippen LogP contribution is 2.39. The molecule has 4 heteroatoms. The molecule has 13 heavy (non-hydrogen) atoms. The molecule has 0 fully saturated rings. The fraction of sp³-hybridized carbons (Fsp3) is 0.556. The first-order chi connectivity index (χ1) is 5.84. The van der Waals surface area contributed by atoms with Crippen LogP contribution < -0.4 is 0 Å². The van der Waals surface area contributed by atoms with Gasteiger partial charge in [0, 0.05) is 0 Å². The molecular weight excluding hydrogens is 197 g/mol. The van der Waals surface area contributed by atoms with E-state index in [1.165, 1.54) is 6.92 Å². The van der Waals surface area contributed by atoms with Gasteiger partial charge in [-0.25, -0.2) is 0 Å². The fourth-order valence-corrected chi connectivity index (χ4v) is 2.40. The second-order valence-corrected chi connectivity index (χ2v) is 4.18. The van der Waals surface area contributed by atoms with Crippen molar-refractivity contribution in [2.75, 3.05) is 0 Å². The van der Waals surface area contributed by atoms with Gasteiger partial charge in [-0.3, -0.25) is 0 Å². The summed E-state index contributed by atoms with van der Waals surface area (Å²) in [5, 5.41) is 1.60. The number of alkyl halides is 3. The van der Waals surface area contributed by atoms with Crippen LogP contribution in [0.3, 0.4) is 0 Å². The summed E-state index contributed by atoms with van der Waals surface area (Å²) in [6, 6.07) is 0. The van der Waals surface area contributed by atoms with Crippen molar-refractivity contribution in [3.8, 4) is 0 Å². The molecule has 0 saturated carbocycles. The average Bonchev–Trinajstić information content (AvgIpc) is 2.28. The maximum absolute atomic E-state index is 12.3. The van der Waals surface area contributed by atoms with E-state index in [1.807, 2.05) is 13.8 Å². The van der Waals surface area contributed by atoms with E-state index in [-0.39, 0.29) is 5.92 Å². The Morgan fingerprint density at radius 3 is 2.08 bits per heavy atom. The van der Waals surface area contributed by atoms with E-state index >= 15 is 0 Å². The summed E-state index contributed by atoms with van der Waals surface area (Å²) in [4.78, 5) is -0.462. The lowest BCUT2D eigenvalue weighted by Crippen LogP contribution is -2.04. The molecule has 1 aromatic rings. The second kappa shape index (κ2) is 3.33. The van der Waals surface area contributed by atoms with E-state index in [4.69, 9.17) is 0 Å². The first kappa shape index (κ1) is 10.6. The third-order valence-electron chi connectivity index (χ3n) is 1.96. The monoisotopic (exact) mass is 208 g/mol. The SMILES string of the molecule is Cc1c(C(C)C)csc1C(F)(F)F. The van der Waals surface area contributed by atoms with E-state index in [9.17, 15) is 13.2 Å². The van der Waals surface area contributed by atoms with Crippen LogP contribution in [0.4, 0.5) is 13.2 Å². The highest BCUT2D eigenvalue weighted by Gasteiger charge is 2.35. The molecule has 1 rings (SSSR count). The van der Waals surface area contributed by atoms with Gasteiger partial charge < -0.3 is 0 Å². The van der Waals surface area contributed by atoms with Crippen LogP contribution in [0.1, 0.15) is 35.8 Å². The van der Waals surface area contributed by atoms with Crippen molar-refractivity contribution in [3.63, 3.8) is 0 Å². The normalized spacial score (nSPS) is 12.5. The molecule has 0 nitrogen and oxygen atoms in total. The van der Waals surface area contributed by atoms with Gasteiger partial charge in [0.05, 0.1) is 0 Å². The molecule has 0 aliphatic rings. The van der Waals surface area contributed by atoms with Crippen LogP contribution in [0.5, 0.6) is 0 Å². The molecule has 74 valence electrons.